The van der Waals surface area contributed by atoms with E-state index in [-0.39, 0.29) is 24.5 Å². The second kappa shape index (κ2) is 7.53. The average Bonchev–Trinajstić information content (AvgIpc) is 2.26. The topological polar surface area (TPSA) is 75.4 Å². The second-order valence-corrected chi connectivity index (χ2v) is 6.14. The standard InChI is InChI=1S/C10H23N3O2S.ClH/c1-3-7-12-16(14,15)13-8-5-4-6-10(13)9(2)11;/h9-10,12H,3-8,11H2,1-2H3;1H. The summed E-state index contributed by atoms with van der Waals surface area (Å²) in [6, 6.07) is -0.165. The zero-order valence-electron chi connectivity index (χ0n) is 10.6. The molecule has 2 unspecified atom stereocenters. The molecule has 0 aromatic carbocycles. The van der Waals surface area contributed by atoms with E-state index in [0.29, 0.717) is 13.1 Å². The fourth-order valence-electron chi connectivity index (χ4n) is 2.07. The first-order valence-corrected chi connectivity index (χ1v) is 7.45. The first-order valence-electron chi connectivity index (χ1n) is 6.01. The van der Waals surface area contributed by atoms with Gasteiger partial charge in [-0.3, -0.25) is 0 Å². The van der Waals surface area contributed by atoms with Crippen LogP contribution in [-0.4, -0.2) is 37.9 Å². The SMILES string of the molecule is CCCNS(=O)(=O)N1CCCCC1C(C)N.Cl. The molecule has 0 aliphatic carbocycles. The molecule has 0 spiro atoms. The van der Waals surface area contributed by atoms with Gasteiger partial charge in [0.15, 0.2) is 0 Å². The lowest BCUT2D eigenvalue weighted by molar-refractivity contribution is 0.225. The maximum atomic E-state index is 12.0. The minimum absolute atomic E-state index is 0. The van der Waals surface area contributed by atoms with Crippen molar-refractivity contribution >= 4 is 22.6 Å². The quantitative estimate of drug-likeness (QED) is 0.786. The van der Waals surface area contributed by atoms with Gasteiger partial charge in [0.25, 0.3) is 10.2 Å². The van der Waals surface area contributed by atoms with Gasteiger partial charge in [0, 0.05) is 25.2 Å². The summed E-state index contributed by atoms with van der Waals surface area (Å²) in [6.07, 6.45) is 3.66. The van der Waals surface area contributed by atoms with Crippen molar-refractivity contribution in [3.63, 3.8) is 0 Å². The average molecular weight is 286 g/mol. The number of hydrogen-bond donors (Lipinski definition) is 2. The van der Waals surface area contributed by atoms with Crippen molar-refractivity contribution in [3.8, 4) is 0 Å². The Kier molecular flexibility index (Phi) is 7.58. The van der Waals surface area contributed by atoms with E-state index < -0.39 is 10.2 Å². The number of nitrogens with zero attached hydrogens (tertiary/aromatic N) is 1. The fourth-order valence-corrected chi connectivity index (χ4v) is 3.72. The molecular formula is C10H24ClN3O2S. The Morgan fingerprint density at radius 1 is 1.47 bits per heavy atom. The van der Waals surface area contributed by atoms with Crippen LogP contribution in [0.25, 0.3) is 0 Å². The van der Waals surface area contributed by atoms with Crippen molar-refractivity contribution in [3.05, 3.63) is 0 Å². The van der Waals surface area contributed by atoms with Crippen LogP contribution in [0.4, 0.5) is 0 Å². The highest BCUT2D eigenvalue weighted by Gasteiger charge is 2.33. The molecule has 1 saturated heterocycles. The third-order valence-corrected chi connectivity index (χ3v) is 4.59. The summed E-state index contributed by atoms with van der Waals surface area (Å²) in [4.78, 5) is 0. The Balaban J connectivity index is 0.00000256. The molecule has 0 aromatic heterocycles. The maximum Gasteiger partial charge on any atom is 0.279 e. The van der Waals surface area contributed by atoms with Gasteiger partial charge in [-0.1, -0.05) is 13.3 Å². The number of halogens is 1. The molecule has 7 heteroatoms. The van der Waals surface area contributed by atoms with Gasteiger partial charge < -0.3 is 5.73 Å². The van der Waals surface area contributed by atoms with E-state index in [1.54, 1.807) is 0 Å². The highest BCUT2D eigenvalue weighted by atomic mass is 35.5. The van der Waals surface area contributed by atoms with E-state index in [0.717, 1.165) is 25.7 Å². The molecule has 0 radical (unpaired) electrons. The fraction of sp³-hybridized carbons (Fsp3) is 1.00. The molecule has 1 fully saturated rings. The summed E-state index contributed by atoms with van der Waals surface area (Å²) in [5.41, 5.74) is 5.85. The molecule has 17 heavy (non-hydrogen) atoms. The van der Waals surface area contributed by atoms with Gasteiger partial charge in [0.1, 0.15) is 0 Å². The molecule has 1 aliphatic rings. The smallest absolute Gasteiger partial charge is 0.279 e. The number of piperidine rings is 1. The molecule has 1 aliphatic heterocycles. The van der Waals surface area contributed by atoms with Gasteiger partial charge in [0.2, 0.25) is 0 Å². The molecule has 5 nitrogen and oxygen atoms in total. The lowest BCUT2D eigenvalue weighted by Gasteiger charge is -2.36. The van der Waals surface area contributed by atoms with Gasteiger partial charge in [-0.05, 0) is 26.2 Å². The Bertz CT molecular complexity index is 309. The van der Waals surface area contributed by atoms with E-state index >= 15 is 0 Å². The van der Waals surface area contributed by atoms with Crippen LogP contribution >= 0.6 is 12.4 Å². The van der Waals surface area contributed by atoms with Crippen molar-refractivity contribution in [2.24, 2.45) is 5.73 Å². The van der Waals surface area contributed by atoms with Crippen molar-refractivity contribution in [2.45, 2.75) is 51.6 Å². The van der Waals surface area contributed by atoms with Crippen LogP contribution in [0.15, 0.2) is 0 Å². The van der Waals surface area contributed by atoms with Crippen molar-refractivity contribution in [2.75, 3.05) is 13.1 Å². The number of nitrogens with one attached hydrogen (secondary N) is 1. The number of hydrogen-bond acceptors (Lipinski definition) is 3. The normalized spacial score (nSPS) is 24.1. The molecule has 0 amide bonds. The van der Waals surface area contributed by atoms with Crippen LogP contribution in [0.3, 0.4) is 0 Å². The minimum atomic E-state index is -3.34. The summed E-state index contributed by atoms with van der Waals surface area (Å²) >= 11 is 0. The predicted octanol–water partition coefficient (Wildman–Crippen LogP) is 0.854. The number of rotatable bonds is 5. The molecular weight excluding hydrogens is 262 g/mol. The van der Waals surface area contributed by atoms with Gasteiger partial charge in [-0.2, -0.15) is 12.7 Å². The first-order chi connectivity index (χ1) is 7.49. The van der Waals surface area contributed by atoms with E-state index in [9.17, 15) is 8.42 Å². The second-order valence-electron chi connectivity index (χ2n) is 4.43. The summed E-state index contributed by atoms with van der Waals surface area (Å²) < 4.78 is 28.2. The Morgan fingerprint density at radius 2 is 2.12 bits per heavy atom. The van der Waals surface area contributed by atoms with Crippen LogP contribution in [0.2, 0.25) is 0 Å². The highest BCUT2D eigenvalue weighted by Crippen LogP contribution is 2.21. The largest absolute Gasteiger partial charge is 0.326 e. The van der Waals surface area contributed by atoms with Crippen LogP contribution in [0, 0.1) is 0 Å². The van der Waals surface area contributed by atoms with Gasteiger partial charge in [0.05, 0.1) is 0 Å². The molecule has 1 heterocycles. The predicted molar refractivity (Wildman–Crippen MR) is 72.5 cm³/mol. The van der Waals surface area contributed by atoms with Crippen molar-refractivity contribution < 1.29 is 8.42 Å². The van der Waals surface area contributed by atoms with Gasteiger partial charge in [-0.15, -0.1) is 12.4 Å². The Hall–Kier alpha value is 0.120. The van der Waals surface area contributed by atoms with Crippen LogP contribution in [0.5, 0.6) is 0 Å². The van der Waals surface area contributed by atoms with Crippen LogP contribution in [-0.2, 0) is 10.2 Å². The summed E-state index contributed by atoms with van der Waals surface area (Å²) in [6.45, 7) is 4.90. The molecule has 104 valence electrons. The maximum absolute atomic E-state index is 12.0. The zero-order valence-corrected chi connectivity index (χ0v) is 12.2. The molecule has 3 N–H and O–H groups in total. The third-order valence-electron chi connectivity index (χ3n) is 2.95. The highest BCUT2D eigenvalue weighted by molar-refractivity contribution is 7.87. The monoisotopic (exact) mass is 285 g/mol. The summed E-state index contributed by atoms with van der Waals surface area (Å²) in [7, 11) is -3.34. The third kappa shape index (κ3) is 4.71. The minimum Gasteiger partial charge on any atom is -0.326 e. The van der Waals surface area contributed by atoms with E-state index in [2.05, 4.69) is 4.72 Å². The summed E-state index contributed by atoms with van der Waals surface area (Å²) in [5, 5.41) is 0. The molecule has 0 saturated carbocycles. The van der Waals surface area contributed by atoms with Crippen molar-refractivity contribution in [1.82, 2.24) is 9.03 Å². The van der Waals surface area contributed by atoms with Gasteiger partial charge in [-0.25, -0.2) is 4.72 Å². The Labute approximate surface area is 111 Å². The Morgan fingerprint density at radius 3 is 2.65 bits per heavy atom. The zero-order chi connectivity index (χ0) is 12.2. The lowest BCUT2D eigenvalue weighted by atomic mass is 10.00. The molecule has 2 atom stereocenters. The van der Waals surface area contributed by atoms with E-state index in [1.807, 2.05) is 13.8 Å². The van der Waals surface area contributed by atoms with Crippen LogP contribution in [0.1, 0.15) is 39.5 Å². The van der Waals surface area contributed by atoms with E-state index in [1.165, 1.54) is 4.31 Å². The first kappa shape index (κ1) is 17.1. The van der Waals surface area contributed by atoms with Gasteiger partial charge >= 0.3 is 0 Å². The van der Waals surface area contributed by atoms with Crippen LogP contribution < -0.4 is 10.5 Å². The summed E-state index contributed by atoms with van der Waals surface area (Å²) in [5.74, 6) is 0. The molecule has 1 rings (SSSR count). The lowest BCUT2D eigenvalue weighted by Crippen LogP contribution is -2.54. The molecule has 0 aromatic rings. The van der Waals surface area contributed by atoms with Crippen molar-refractivity contribution in [1.29, 1.82) is 0 Å². The number of nitrogens with two attached hydrogens (primary N) is 1. The van der Waals surface area contributed by atoms with E-state index in [4.69, 9.17) is 5.73 Å². The molecule has 0 bridgehead atoms.